The van der Waals surface area contributed by atoms with Crippen molar-refractivity contribution in [1.29, 1.82) is 0 Å². The molecule has 3 aromatic rings. The van der Waals surface area contributed by atoms with Crippen LogP contribution in [-0.4, -0.2) is 23.6 Å². The molecule has 0 saturated carbocycles. The van der Waals surface area contributed by atoms with Gasteiger partial charge in [-0.1, -0.05) is 52.3 Å². The number of halogens is 4. The Morgan fingerprint density at radius 2 is 1.48 bits per heavy atom. The first kappa shape index (κ1) is 21.4. The van der Waals surface area contributed by atoms with Gasteiger partial charge in [0.2, 0.25) is 5.91 Å². The Kier molecular flexibility index (Phi) is 5.08. The Balaban J connectivity index is 1.62. The molecule has 5 nitrogen and oxygen atoms in total. The van der Waals surface area contributed by atoms with Crippen molar-refractivity contribution in [3.63, 3.8) is 0 Å². The number of hydrazone groups is 1. The summed E-state index contributed by atoms with van der Waals surface area (Å²) >= 11 is 3.37. The maximum atomic E-state index is 13.5. The van der Waals surface area contributed by atoms with Crippen LogP contribution in [0.5, 0.6) is 0 Å². The second kappa shape index (κ2) is 7.84. The number of hydrogen-bond acceptors (Lipinski definition) is 4. The maximum Gasteiger partial charge on any atom is 0.416 e. The summed E-state index contributed by atoms with van der Waals surface area (Å²) in [5, 5.41) is 6.10. The molecule has 0 unspecified atom stereocenters. The Bertz CT molecular complexity index is 1280. The minimum Gasteiger partial charge on any atom is -0.273 e. The van der Waals surface area contributed by atoms with Crippen LogP contribution in [0.25, 0.3) is 0 Å². The molecule has 166 valence electrons. The maximum absolute atomic E-state index is 13.5. The number of fused-ring (bicyclic) bond motifs is 1. The van der Waals surface area contributed by atoms with Crippen LogP contribution < -0.4 is 9.91 Å². The van der Waals surface area contributed by atoms with E-state index in [9.17, 15) is 22.8 Å². The van der Waals surface area contributed by atoms with Gasteiger partial charge in [-0.2, -0.15) is 18.3 Å². The average Bonchev–Trinajstić information content (AvgIpc) is 3.31. The fourth-order valence-electron chi connectivity index (χ4n) is 4.14. The van der Waals surface area contributed by atoms with Crippen molar-refractivity contribution in [3.05, 3.63) is 94.5 Å². The average molecular weight is 514 g/mol. The number of carbonyl (C=O) groups is 2. The number of para-hydroxylation sites is 1. The first-order valence-electron chi connectivity index (χ1n) is 9.99. The molecule has 2 aliphatic heterocycles. The smallest absolute Gasteiger partial charge is 0.273 e. The van der Waals surface area contributed by atoms with E-state index in [1.54, 1.807) is 48.5 Å². The van der Waals surface area contributed by atoms with Crippen molar-refractivity contribution in [2.75, 3.05) is 9.91 Å². The van der Waals surface area contributed by atoms with Crippen LogP contribution >= 0.6 is 15.9 Å². The molecule has 5 rings (SSSR count). The zero-order chi connectivity index (χ0) is 23.3. The molecule has 1 fully saturated rings. The van der Waals surface area contributed by atoms with E-state index in [0.717, 1.165) is 21.5 Å². The minimum absolute atomic E-state index is 0.114. The van der Waals surface area contributed by atoms with Crippen molar-refractivity contribution in [2.24, 2.45) is 11.0 Å². The zero-order valence-electron chi connectivity index (χ0n) is 16.8. The summed E-state index contributed by atoms with van der Waals surface area (Å²) in [7, 11) is 0. The third-order valence-corrected chi connectivity index (χ3v) is 6.17. The molecule has 33 heavy (non-hydrogen) atoms. The van der Waals surface area contributed by atoms with E-state index in [0.29, 0.717) is 17.0 Å². The highest BCUT2D eigenvalue weighted by Gasteiger charge is 2.57. The standard InChI is InChI=1S/C24H15BrF3N3O2/c25-16-11-9-14(10-12-16)20-19-21(31(29-20)17-6-2-1-3-7-17)23(33)30(22(19)32)18-8-4-5-15(13-18)24(26,27)28/h1-13,19,21H/t19-,21-/m0/s1. The number of anilines is 2. The summed E-state index contributed by atoms with van der Waals surface area (Å²) in [6, 6.07) is 19.3. The monoisotopic (exact) mass is 513 g/mol. The lowest BCUT2D eigenvalue weighted by molar-refractivity contribution is -0.137. The van der Waals surface area contributed by atoms with Gasteiger partial charge in [0.1, 0.15) is 12.0 Å². The molecule has 1 saturated heterocycles. The number of benzene rings is 3. The van der Waals surface area contributed by atoms with E-state index in [2.05, 4.69) is 21.0 Å². The van der Waals surface area contributed by atoms with Gasteiger partial charge in [-0.25, -0.2) is 4.90 Å². The number of amides is 2. The summed E-state index contributed by atoms with van der Waals surface area (Å²) in [6.45, 7) is 0. The van der Waals surface area contributed by atoms with Gasteiger partial charge in [0.05, 0.1) is 22.6 Å². The first-order valence-corrected chi connectivity index (χ1v) is 10.8. The summed E-state index contributed by atoms with van der Waals surface area (Å²) in [5.41, 5.74) is 0.603. The molecule has 9 heteroatoms. The fraction of sp³-hybridized carbons (Fsp3) is 0.125. The number of alkyl halides is 3. The Hall–Kier alpha value is -3.46. The van der Waals surface area contributed by atoms with Crippen LogP contribution in [0.15, 0.2) is 88.4 Å². The number of imide groups is 1. The van der Waals surface area contributed by atoms with E-state index in [-0.39, 0.29) is 5.69 Å². The Labute approximate surface area is 195 Å². The van der Waals surface area contributed by atoms with E-state index in [1.165, 1.54) is 17.1 Å². The highest BCUT2D eigenvalue weighted by molar-refractivity contribution is 9.10. The third kappa shape index (κ3) is 3.62. The quantitative estimate of drug-likeness (QED) is 0.449. The van der Waals surface area contributed by atoms with E-state index >= 15 is 0 Å². The van der Waals surface area contributed by atoms with Crippen molar-refractivity contribution < 1.29 is 22.8 Å². The fourth-order valence-corrected chi connectivity index (χ4v) is 4.41. The minimum atomic E-state index is -4.60. The molecule has 0 N–H and O–H groups in total. The first-order chi connectivity index (χ1) is 15.8. The van der Waals surface area contributed by atoms with Gasteiger partial charge in [-0.15, -0.1) is 0 Å². The van der Waals surface area contributed by atoms with Gasteiger partial charge in [-0.3, -0.25) is 14.6 Å². The second-order valence-electron chi connectivity index (χ2n) is 7.65. The molecule has 0 aromatic heterocycles. The lowest BCUT2D eigenvalue weighted by atomic mass is 9.93. The van der Waals surface area contributed by atoms with Crippen molar-refractivity contribution in [2.45, 2.75) is 12.2 Å². The van der Waals surface area contributed by atoms with Crippen LogP contribution in [0.2, 0.25) is 0 Å². The van der Waals surface area contributed by atoms with Crippen molar-refractivity contribution in [3.8, 4) is 0 Å². The molecular weight excluding hydrogens is 499 g/mol. The van der Waals surface area contributed by atoms with Gasteiger partial charge in [0, 0.05) is 4.47 Å². The highest BCUT2D eigenvalue weighted by Crippen LogP contribution is 2.40. The number of hydrogen-bond donors (Lipinski definition) is 0. The number of nitrogens with zero attached hydrogens (tertiary/aromatic N) is 3. The van der Waals surface area contributed by atoms with Crippen LogP contribution in [0, 0.1) is 5.92 Å². The summed E-state index contributed by atoms with van der Waals surface area (Å²) in [4.78, 5) is 27.8. The molecule has 0 spiro atoms. The molecule has 2 heterocycles. The largest absolute Gasteiger partial charge is 0.416 e. The van der Waals surface area contributed by atoms with Crippen LogP contribution in [0.3, 0.4) is 0 Å². The summed E-state index contributed by atoms with van der Waals surface area (Å²) in [5.74, 6) is -2.18. The van der Waals surface area contributed by atoms with Gasteiger partial charge in [0.25, 0.3) is 5.91 Å². The summed E-state index contributed by atoms with van der Waals surface area (Å²) in [6.07, 6.45) is -4.60. The topological polar surface area (TPSA) is 53.0 Å². The van der Waals surface area contributed by atoms with Gasteiger partial charge in [-0.05, 0) is 48.0 Å². The van der Waals surface area contributed by atoms with Gasteiger partial charge >= 0.3 is 6.18 Å². The van der Waals surface area contributed by atoms with Crippen molar-refractivity contribution in [1.82, 2.24) is 0 Å². The van der Waals surface area contributed by atoms with E-state index in [4.69, 9.17) is 0 Å². The molecule has 3 aromatic carbocycles. The van der Waals surface area contributed by atoms with Crippen LogP contribution in [0.4, 0.5) is 24.5 Å². The lowest BCUT2D eigenvalue weighted by Crippen LogP contribution is -2.39. The van der Waals surface area contributed by atoms with E-state index < -0.39 is 35.5 Å². The molecule has 2 amide bonds. The molecule has 0 radical (unpaired) electrons. The molecule has 2 aliphatic rings. The predicted octanol–water partition coefficient (Wildman–Crippen LogP) is 5.25. The van der Waals surface area contributed by atoms with Crippen molar-refractivity contribution >= 4 is 44.8 Å². The van der Waals surface area contributed by atoms with Gasteiger partial charge in [0.15, 0.2) is 0 Å². The zero-order valence-corrected chi connectivity index (χ0v) is 18.4. The normalized spacial score (nSPS) is 20.3. The Morgan fingerprint density at radius 1 is 0.818 bits per heavy atom. The van der Waals surface area contributed by atoms with Gasteiger partial charge < -0.3 is 0 Å². The van der Waals surface area contributed by atoms with Crippen LogP contribution in [-0.2, 0) is 15.8 Å². The van der Waals surface area contributed by atoms with E-state index in [1.807, 2.05) is 6.07 Å². The molecule has 0 bridgehead atoms. The van der Waals surface area contributed by atoms with Crippen LogP contribution in [0.1, 0.15) is 11.1 Å². The highest BCUT2D eigenvalue weighted by atomic mass is 79.9. The molecule has 0 aliphatic carbocycles. The predicted molar refractivity (Wildman–Crippen MR) is 121 cm³/mol. The number of rotatable bonds is 3. The second-order valence-corrected chi connectivity index (χ2v) is 8.57. The molecular formula is C24H15BrF3N3O2. The molecule has 2 atom stereocenters. The third-order valence-electron chi connectivity index (χ3n) is 5.64. The summed E-state index contributed by atoms with van der Waals surface area (Å²) < 4.78 is 40.6. The lowest BCUT2D eigenvalue weighted by Gasteiger charge is -2.22. The number of carbonyl (C=O) groups excluding carboxylic acids is 2. The SMILES string of the molecule is O=C1[C@H]2C(c3ccc(Br)cc3)=NN(c3ccccc3)[C@@H]2C(=O)N1c1cccc(C(F)(F)F)c1. The Morgan fingerprint density at radius 3 is 2.15 bits per heavy atom.